The molecular formula is C16H14F4IN3O4. The smallest absolute Gasteiger partial charge is 0.394 e. The molecule has 0 aliphatic carbocycles. The molecular weight excluding hydrogens is 501 g/mol. The normalized spacial score (nSPS) is 11.4. The summed E-state index contributed by atoms with van der Waals surface area (Å²) < 4.78 is 54.0. The van der Waals surface area contributed by atoms with Crippen LogP contribution >= 0.6 is 22.6 Å². The SMILES string of the molecule is Cn1c(C(=O)C(F)(F)F)cc(C(=O)NOCCO)c1Nc1ccc(I)cc1F. The number of carbonyl (C=O) groups is 2. The molecule has 2 rings (SSSR count). The minimum absolute atomic E-state index is 0.113. The molecule has 28 heavy (non-hydrogen) atoms. The highest BCUT2D eigenvalue weighted by molar-refractivity contribution is 14.1. The highest BCUT2D eigenvalue weighted by Crippen LogP contribution is 2.30. The number of ketones is 1. The monoisotopic (exact) mass is 515 g/mol. The van der Waals surface area contributed by atoms with E-state index in [1.165, 1.54) is 12.1 Å². The number of carbonyl (C=O) groups excluding carboxylic acids is 2. The molecule has 0 saturated carbocycles. The van der Waals surface area contributed by atoms with E-state index in [0.29, 0.717) is 3.57 Å². The van der Waals surface area contributed by atoms with Crippen LogP contribution in [0.15, 0.2) is 24.3 Å². The van der Waals surface area contributed by atoms with Gasteiger partial charge in [0, 0.05) is 10.6 Å². The molecule has 12 heteroatoms. The third-order valence-corrected chi connectivity index (χ3v) is 4.18. The van der Waals surface area contributed by atoms with E-state index in [4.69, 9.17) is 5.11 Å². The zero-order valence-electron chi connectivity index (χ0n) is 14.2. The Morgan fingerprint density at radius 1 is 1.29 bits per heavy atom. The Kier molecular flexibility index (Phi) is 7.01. The predicted octanol–water partition coefficient (Wildman–Crippen LogP) is 2.91. The summed E-state index contributed by atoms with van der Waals surface area (Å²) in [5.74, 6) is -4.12. The summed E-state index contributed by atoms with van der Waals surface area (Å²) in [5.41, 5.74) is 0.606. The Morgan fingerprint density at radius 3 is 2.54 bits per heavy atom. The Balaban J connectivity index is 2.49. The zero-order valence-corrected chi connectivity index (χ0v) is 16.4. The number of aliphatic hydroxyl groups excluding tert-OH is 1. The average Bonchev–Trinajstić information content (AvgIpc) is 2.92. The second kappa shape index (κ2) is 8.87. The zero-order chi connectivity index (χ0) is 21.1. The molecule has 0 aliphatic rings. The molecule has 0 bridgehead atoms. The van der Waals surface area contributed by atoms with Crippen molar-refractivity contribution in [2.75, 3.05) is 18.5 Å². The summed E-state index contributed by atoms with van der Waals surface area (Å²) >= 11 is 1.87. The van der Waals surface area contributed by atoms with Crippen LogP contribution in [0, 0.1) is 9.39 Å². The number of hydrogen-bond acceptors (Lipinski definition) is 5. The number of amides is 1. The number of nitrogens with one attached hydrogen (secondary N) is 2. The fourth-order valence-electron chi connectivity index (χ4n) is 2.23. The number of alkyl halides is 3. The number of aromatic nitrogens is 1. The Labute approximate surface area is 169 Å². The van der Waals surface area contributed by atoms with Crippen LogP contribution in [0.1, 0.15) is 20.8 Å². The van der Waals surface area contributed by atoms with Crippen molar-refractivity contribution in [3.05, 3.63) is 44.9 Å². The minimum atomic E-state index is -5.17. The summed E-state index contributed by atoms with van der Waals surface area (Å²) in [6, 6.07) is 4.78. The van der Waals surface area contributed by atoms with Crippen LogP contribution in [-0.4, -0.2) is 40.8 Å². The van der Waals surface area contributed by atoms with Gasteiger partial charge in [-0.1, -0.05) is 0 Å². The molecule has 0 spiro atoms. The summed E-state index contributed by atoms with van der Waals surface area (Å²) in [6.07, 6.45) is -5.17. The fraction of sp³-hybridized carbons (Fsp3) is 0.250. The van der Waals surface area contributed by atoms with Crippen molar-refractivity contribution in [3.8, 4) is 0 Å². The first-order valence-corrected chi connectivity index (χ1v) is 8.70. The van der Waals surface area contributed by atoms with Crippen LogP contribution in [0.3, 0.4) is 0 Å². The summed E-state index contributed by atoms with van der Waals surface area (Å²) in [5, 5.41) is 11.2. The lowest BCUT2D eigenvalue weighted by atomic mass is 10.2. The van der Waals surface area contributed by atoms with Crippen molar-refractivity contribution in [3.63, 3.8) is 0 Å². The number of halogens is 5. The van der Waals surface area contributed by atoms with E-state index in [2.05, 4.69) is 10.2 Å². The fourth-order valence-corrected chi connectivity index (χ4v) is 2.68. The molecule has 0 radical (unpaired) electrons. The Bertz CT molecular complexity index is 899. The Morgan fingerprint density at radius 2 is 1.96 bits per heavy atom. The number of hydroxylamine groups is 1. The molecule has 3 N–H and O–H groups in total. The molecule has 2 aromatic rings. The van der Waals surface area contributed by atoms with E-state index in [9.17, 15) is 27.2 Å². The molecule has 1 amide bonds. The van der Waals surface area contributed by atoms with Crippen LogP contribution in [0.2, 0.25) is 0 Å². The van der Waals surface area contributed by atoms with E-state index >= 15 is 0 Å². The van der Waals surface area contributed by atoms with Gasteiger partial charge in [0.15, 0.2) is 0 Å². The molecule has 0 saturated heterocycles. The third kappa shape index (κ3) is 4.99. The number of nitrogens with zero attached hydrogens (tertiary/aromatic N) is 1. The highest BCUT2D eigenvalue weighted by atomic mass is 127. The lowest BCUT2D eigenvalue weighted by Crippen LogP contribution is -2.25. The van der Waals surface area contributed by atoms with Gasteiger partial charge in [0.2, 0.25) is 0 Å². The summed E-state index contributed by atoms with van der Waals surface area (Å²) in [6.45, 7) is -0.673. The lowest BCUT2D eigenvalue weighted by Gasteiger charge is -2.13. The van der Waals surface area contributed by atoms with Gasteiger partial charge in [-0.2, -0.15) is 13.2 Å². The number of anilines is 2. The average molecular weight is 515 g/mol. The molecule has 0 unspecified atom stereocenters. The van der Waals surface area contributed by atoms with Crippen molar-refractivity contribution in [2.24, 2.45) is 7.05 Å². The first kappa shape index (κ1) is 22.1. The summed E-state index contributed by atoms with van der Waals surface area (Å²) in [7, 11) is 1.12. The standard InChI is InChI=1S/C16H14F4IN3O4/c1-24-12(13(26)16(18,19)20)7-9(15(27)23-28-5-4-25)14(24)22-11-3-2-8(21)6-10(11)17/h2-3,6-7,22,25H,4-5H2,1H3,(H,23,27). The number of rotatable bonds is 7. The van der Waals surface area contributed by atoms with E-state index in [1.807, 2.05) is 28.1 Å². The van der Waals surface area contributed by atoms with Gasteiger partial charge in [-0.05, 0) is 46.9 Å². The number of aliphatic hydroxyl groups is 1. The quantitative estimate of drug-likeness (QED) is 0.174. The van der Waals surface area contributed by atoms with Gasteiger partial charge in [0.05, 0.1) is 30.2 Å². The van der Waals surface area contributed by atoms with E-state index < -0.39 is 36.0 Å². The van der Waals surface area contributed by atoms with Crippen molar-refractivity contribution < 1.29 is 37.1 Å². The van der Waals surface area contributed by atoms with Gasteiger partial charge >= 0.3 is 6.18 Å². The molecule has 0 aliphatic heterocycles. The van der Waals surface area contributed by atoms with Gasteiger partial charge in [-0.3, -0.25) is 14.4 Å². The van der Waals surface area contributed by atoms with Crippen molar-refractivity contribution in [1.29, 1.82) is 0 Å². The van der Waals surface area contributed by atoms with Crippen molar-refractivity contribution >= 4 is 45.8 Å². The topological polar surface area (TPSA) is 92.6 Å². The molecule has 7 nitrogen and oxygen atoms in total. The summed E-state index contributed by atoms with van der Waals surface area (Å²) in [4.78, 5) is 28.6. The van der Waals surface area contributed by atoms with Gasteiger partial charge < -0.3 is 15.0 Å². The maximum atomic E-state index is 14.1. The van der Waals surface area contributed by atoms with E-state index in [-0.39, 0.29) is 23.7 Å². The van der Waals surface area contributed by atoms with Crippen LogP contribution in [-0.2, 0) is 11.9 Å². The molecule has 1 aromatic carbocycles. The molecule has 1 aromatic heterocycles. The second-order valence-electron chi connectivity index (χ2n) is 5.43. The van der Waals surface area contributed by atoms with Crippen LogP contribution in [0.5, 0.6) is 0 Å². The number of benzene rings is 1. The largest absolute Gasteiger partial charge is 0.456 e. The van der Waals surface area contributed by atoms with Crippen molar-refractivity contribution in [2.45, 2.75) is 6.18 Å². The van der Waals surface area contributed by atoms with Crippen LogP contribution in [0.4, 0.5) is 29.1 Å². The van der Waals surface area contributed by atoms with E-state index in [1.54, 1.807) is 6.07 Å². The molecule has 0 atom stereocenters. The Hall–Kier alpha value is -2.19. The van der Waals surface area contributed by atoms with Crippen molar-refractivity contribution in [1.82, 2.24) is 10.0 Å². The minimum Gasteiger partial charge on any atom is -0.394 e. The second-order valence-corrected chi connectivity index (χ2v) is 6.68. The van der Waals surface area contributed by atoms with Gasteiger partial charge in [-0.25, -0.2) is 9.87 Å². The molecule has 1 heterocycles. The van der Waals surface area contributed by atoms with Gasteiger partial charge in [-0.15, -0.1) is 0 Å². The molecule has 152 valence electrons. The van der Waals surface area contributed by atoms with Gasteiger partial charge in [0.25, 0.3) is 11.7 Å². The molecule has 0 fully saturated rings. The predicted molar refractivity (Wildman–Crippen MR) is 98.7 cm³/mol. The number of hydrogen-bond donors (Lipinski definition) is 3. The first-order chi connectivity index (χ1) is 13.1. The third-order valence-electron chi connectivity index (χ3n) is 3.51. The first-order valence-electron chi connectivity index (χ1n) is 7.62. The lowest BCUT2D eigenvalue weighted by molar-refractivity contribution is -0.0890. The number of Topliss-reactive ketones (excluding diaryl/α,β-unsaturated/α-hetero) is 1. The maximum Gasteiger partial charge on any atom is 0.456 e. The highest BCUT2D eigenvalue weighted by Gasteiger charge is 2.42. The maximum absolute atomic E-state index is 14.1. The van der Waals surface area contributed by atoms with Crippen LogP contribution < -0.4 is 10.8 Å². The van der Waals surface area contributed by atoms with E-state index in [0.717, 1.165) is 17.7 Å². The van der Waals surface area contributed by atoms with Gasteiger partial charge in [0.1, 0.15) is 11.6 Å². The van der Waals surface area contributed by atoms with Crippen LogP contribution in [0.25, 0.3) is 0 Å².